The van der Waals surface area contributed by atoms with Gasteiger partial charge in [0, 0.05) is 5.02 Å². The molecule has 1 nitrogen and oxygen atoms in total. The number of rotatable bonds is 1. The lowest BCUT2D eigenvalue weighted by Gasteiger charge is -2.34. The van der Waals surface area contributed by atoms with Crippen molar-refractivity contribution < 1.29 is 9.13 Å². The van der Waals surface area contributed by atoms with Crippen LogP contribution in [-0.2, 0) is 10.4 Å². The van der Waals surface area contributed by atoms with E-state index in [4.69, 9.17) is 16.3 Å². The summed E-state index contributed by atoms with van der Waals surface area (Å²) in [6.45, 7) is 2.19. The third kappa shape index (κ3) is 1.45. The van der Waals surface area contributed by atoms with Gasteiger partial charge in [-0.3, -0.25) is 0 Å². The molecule has 0 saturated carbocycles. The van der Waals surface area contributed by atoms with Crippen LogP contribution in [0.1, 0.15) is 11.1 Å². The van der Waals surface area contributed by atoms with Crippen LogP contribution in [0.25, 0.3) is 0 Å². The van der Waals surface area contributed by atoms with Crippen molar-refractivity contribution in [3.63, 3.8) is 0 Å². The summed E-state index contributed by atoms with van der Waals surface area (Å²) in [6, 6.07) is 5.23. The maximum Gasteiger partial charge on any atom is 0.182 e. The Morgan fingerprint density at radius 2 is 2.15 bits per heavy atom. The van der Waals surface area contributed by atoms with E-state index in [1.165, 1.54) is 0 Å². The predicted octanol–water partition coefficient (Wildman–Crippen LogP) is 2.84. The summed E-state index contributed by atoms with van der Waals surface area (Å²) in [5, 5.41) is 0.674. The average molecular weight is 201 g/mol. The molecule has 1 aromatic rings. The van der Waals surface area contributed by atoms with Gasteiger partial charge in [0.05, 0.1) is 13.2 Å². The Morgan fingerprint density at radius 1 is 1.46 bits per heavy atom. The smallest absolute Gasteiger partial charge is 0.182 e. The topological polar surface area (TPSA) is 9.23 Å². The second-order valence-electron chi connectivity index (χ2n) is 3.42. The van der Waals surface area contributed by atoms with Gasteiger partial charge in [-0.2, -0.15) is 0 Å². The highest BCUT2D eigenvalue weighted by atomic mass is 35.5. The number of hydrogen-bond acceptors (Lipinski definition) is 1. The summed E-state index contributed by atoms with van der Waals surface area (Å²) in [6.07, 6.45) is 0. The van der Waals surface area contributed by atoms with Crippen LogP contribution in [-0.4, -0.2) is 13.2 Å². The highest BCUT2D eigenvalue weighted by Crippen LogP contribution is 2.35. The van der Waals surface area contributed by atoms with Gasteiger partial charge < -0.3 is 4.74 Å². The molecule has 0 radical (unpaired) electrons. The Balaban J connectivity index is 2.36. The van der Waals surface area contributed by atoms with Crippen molar-refractivity contribution in [3.05, 3.63) is 34.3 Å². The van der Waals surface area contributed by atoms with Gasteiger partial charge in [0.15, 0.2) is 5.67 Å². The van der Waals surface area contributed by atoms with Crippen LogP contribution in [0.15, 0.2) is 18.2 Å². The molecule has 0 bridgehead atoms. The van der Waals surface area contributed by atoms with Gasteiger partial charge in [0.2, 0.25) is 0 Å². The van der Waals surface area contributed by atoms with E-state index < -0.39 is 5.67 Å². The Hall–Kier alpha value is -0.600. The number of aryl methyl sites for hydroxylation is 1. The lowest BCUT2D eigenvalue weighted by Crippen LogP contribution is -2.42. The van der Waals surface area contributed by atoms with Crippen LogP contribution in [0.5, 0.6) is 0 Å². The van der Waals surface area contributed by atoms with Crippen molar-refractivity contribution in [1.29, 1.82) is 0 Å². The van der Waals surface area contributed by atoms with E-state index in [-0.39, 0.29) is 13.2 Å². The Kier molecular flexibility index (Phi) is 2.05. The molecule has 70 valence electrons. The highest BCUT2D eigenvalue weighted by molar-refractivity contribution is 6.31. The summed E-state index contributed by atoms with van der Waals surface area (Å²) < 4.78 is 18.6. The van der Waals surface area contributed by atoms with Gasteiger partial charge in [-0.25, -0.2) is 4.39 Å². The van der Waals surface area contributed by atoms with Crippen LogP contribution in [0.4, 0.5) is 4.39 Å². The molecule has 3 heteroatoms. The molecule has 13 heavy (non-hydrogen) atoms. The zero-order valence-corrected chi connectivity index (χ0v) is 8.07. The van der Waals surface area contributed by atoms with E-state index in [0.717, 1.165) is 5.56 Å². The molecule has 0 aliphatic carbocycles. The SMILES string of the molecule is Cc1cc(C2(F)COC2)ccc1Cl. The summed E-state index contributed by atoms with van der Waals surface area (Å²) in [7, 11) is 0. The zero-order valence-electron chi connectivity index (χ0n) is 7.31. The van der Waals surface area contributed by atoms with Crippen LogP contribution in [0.3, 0.4) is 0 Å². The van der Waals surface area contributed by atoms with Gasteiger partial charge in [0.1, 0.15) is 0 Å². The summed E-state index contributed by atoms with van der Waals surface area (Å²) in [4.78, 5) is 0. The van der Waals surface area contributed by atoms with E-state index >= 15 is 0 Å². The van der Waals surface area contributed by atoms with E-state index in [2.05, 4.69) is 0 Å². The standard InChI is InChI=1S/C10H10ClFO/c1-7-4-8(2-3-9(7)11)10(12)5-13-6-10/h2-4H,5-6H2,1H3. The van der Waals surface area contributed by atoms with Gasteiger partial charge in [-0.1, -0.05) is 23.7 Å². The minimum atomic E-state index is -1.28. The van der Waals surface area contributed by atoms with Gasteiger partial charge in [-0.05, 0) is 24.1 Å². The lowest BCUT2D eigenvalue weighted by atomic mass is 9.93. The van der Waals surface area contributed by atoms with E-state index in [0.29, 0.717) is 10.6 Å². The molecule has 0 N–H and O–H groups in total. The van der Waals surface area contributed by atoms with E-state index in [1.807, 2.05) is 6.92 Å². The first-order valence-electron chi connectivity index (χ1n) is 4.15. The highest BCUT2D eigenvalue weighted by Gasteiger charge is 2.40. The number of ether oxygens (including phenoxy) is 1. The van der Waals surface area contributed by atoms with Crippen molar-refractivity contribution in [2.24, 2.45) is 0 Å². The molecule has 1 saturated heterocycles. The van der Waals surface area contributed by atoms with Gasteiger partial charge in [-0.15, -0.1) is 0 Å². The number of halogens is 2. The first-order chi connectivity index (χ1) is 6.12. The monoisotopic (exact) mass is 200 g/mol. The molecule has 0 spiro atoms. The molecular formula is C10H10ClFO. The molecule has 1 aliphatic rings. The van der Waals surface area contributed by atoms with Crippen LogP contribution in [0.2, 0.25) is 5.02 Å². The van der Waals surface area contributed by atoms with Crippen LogP contribution < -0.4 is 0 Å². The molecule has 1 aromatic carbocycles. The number of benzene rings is 1. The normalized spacial score (nSPS) is 19.6. The van der Waals surface area contributed by atoms with Crippen molar-refractivity contribution in [1.82, 2.24) is 0 Å². The first-order valence-corrected chi connectivity index (χ1v) is 4.53. The number of alkyl halides is 1. The van der Waals surface area contributed by atoms with Gasteiger partial charge >= 0.3 is 0 Å². The van der Waals surface area contributed by atoms with Crippen molar-refractivity contribution in [2.45, 2.75) is 12.6 Å². The minimum absolute atomic E-state index is 0.161. The molecule has 1 aliphatic heterocycles. The van der Waals surface area contributed by atoms with Crippen molar-refractivity contribution in [2.75, 3.05) is 13.2 Å². The zero-order chi connectivity index (χ0) is 9.47. The summed E-state index contributed by atoms with van der Waals surface area (Å²) in [5.41, 5.74) is 0.291. The number of hydrogen-bond donors (Lipinski definition) is 0. The Labute approximate surface area is 81.5 Å². The quantitative estimate of drug-likeness (QED) is 0.678. The summed E-state index contributed by atoms with van der Waals surface area (Å²) in [5.74, 6) is 0. The Bertz CT molecular complexity index is 334. The molecule has 0 unspecified atom stereocenters. The largest absolute Gasteiger partial charge is 0.374 e. The molecule has 1 fully saturated rings. The van der Waals surface area contributed by atoms with Crippen LogP contribution in [0, 0.1) is 6.92 Å². The fraction of sp³-hybridized carbons (Fsp3) is 0.400. The Morgan fingerprint density at radius 3 is 2.62 bits per heavy atom. The second kappa shape index (κ2) is 2.96. The maximum absolute atomic E-state index is 13.8. The van der Waals surface area contributed by atoms with E-state index in [1.54, 1.807) is 18.2 Å². The van der Waals surface area contributed by atoms with Crippen molar-refractivity contribution in [3.8, 4) is 0 Å². The van der Waals surface area contributed by atoms with E-state index in [9.17, 15) is 4.39 Å². The third-order valence-corrected chi connectivity index (χ3v) is 2.76. The van der Waals surface area contributed by atoms with Crippen LogP contribution >= 0.6 is 11.6 Å². The van der Waals surface area contributed by atoms with Gasteiger partial charge in [0.25, 0.3) is 0 Å². The fourth-order valence-electron chi connectivity index (χ4n) is 1.37. The maximum atomic E-state index is 13.8. The molecular weight excluding hydrogens is 191 g/mol. The predicted molar refractivity (Wildman–Crippen MR) is 49.8 cm³/mol. The summed E-state index contributed by atoms with van der Waals surface area (Å²) >= 11 is 5.84. The lowest BCUT2D eigenvalue weighted by molar-refractivity contribution is -0.135. The molecule has 0 aromatic heterocycles. The molecule has 2 rings (SSSR count). The molecule has 1 heterocycles. The minimum Gasteiger partial charge on any atom is -0.374 e. The van der Waals surface area contributed by atoms with Crippen molar-refractivity contribution >= 4 is 11.6 Å². The fourth-order valence-corrected chi connectivity index (χ4v) is 1.49. The second-order valence-corrected chi connectivity index (χ2v) is 3.83. The molecule has 0 atom stereocenters. The third-order valence-electron chi connectivity index (χ3n) is 2.34. The average Bonchev–Trinajstić information content (AvgIpc) is 2.06. The molecule has 0 amide bonds. The first kappa shape index (κ1) is 8.97.